The third-order valence-electron chi connectivity index (χ3n) is 13.2. The van der Waals surface area contributed by atoms with Gasteiger partial charge < -0.3 is 33.8 Å². The molecule has 4 bridgehead atoms. The molecule has 300 valence electrons. The number of nitrogens with one attached hydrogen (secondary N) is 2. The summed E-state index contributed by atoms with van der Waals surface area (Å²) in [6.45, 7) is 12.2. The van der Waals surface area contributed by atoms with E-state index >= 15 is 0 Å². The Labute approximate surface area is 340 Å². The molecule has 14 heteroatoms. The maximum atomic E-state index is 15.0. The molecule has 0 aliphatic carbocycles. The van der Waals surface area contributed by atoms with Crippen molar-refractivity contribution in [3.63, 3.8) is 0 Å². The fourth-order valence-corrected chi connectivity index (χ4v) is 12.7. The lowest BCUT2D eigenvalue weighted by atomic mass is 9.71. The summed E-state index contributed by atoms with van der Waals surface area (Å²) >= 11 is 1.55. The van der Waals surface area contributed by atoms with Crippen LogP contribution in [-0.2, 0) is 32.7 Å². The summed E-state index contributed by atoms with van der Waals surface area (Å²) in [6.07, 6.45) is 3.05. The van der Waals surface area contributed by atoms with E-state index in [1.807, 2.05) is 19.9 Å². The molecule has 3 aromatic carbocycles. The summed E-state index contributed by atoms with van der Waals surface area (Å²) < 4.78 is 31.0. The largest absolute Gasteiger partial charge is 0.504 e. The number of aromatic nitrogens is 1. The number of esters is 2. The number of aryl methyl sites for hydroxylation is 2. The number of fused-ring (bicyclic) bond motifs is 11. The number of aromatic amines is 1. The number of ether oxygens (including phenoxy) is 5. The van der Waals surface area contributed by atoms with Crippen LogP contribution in [0.15, 0.2) is 36.9 Å². The van der Waals surface area contributed by atoms with Gasteiger partial charge in [0.1, 0.15) is 18.4 Å². The molecule has 2 saturated heterocycles. The van der Waals surface area contributed by atoms with Crippen LogP contribution in [0.25, 0.3) is 10.9 Å². The molecular formula is C44H45N5O8S. The summed E-state index contributed by atoms with van der Waals surface area (Å²) in [6, 6.07) is 8.27. The van der Waals surface area contributed by atoms with Crippen molar-refractivity contribution in [2.24, 2.45) is 0 Å². The van der Waals surface area contributed by atoms with Crippen LogP contribution in [0.3, 0.4) is 0 Å². The monoisotopic (exact) mass is 803 g/mol. The van der Waals surface area contributed by atoms with E-state index in [1.54, 1.807) is 18.9 Å². The summed E-state index contributed by atoms with van der Waals surface area (Å²) in [5, 5.41) is 27.7. The molecule has 58 heavy (non-hydrogen) atoms. The zero-order chi connectivity index (χ0) is 40.4. The van der Waals surface area contributed by atoms with Gasteiger partial charge >= 0.3 is 11.9 Å². The van der Waals surface area contributed by atoms with E-state index in [1.165, 1.54) is 6.92 Å². The Hall–Kier alpha value is -5.20. The number of carbonyl (C=O) groups excluding carboxylic acids is 2. The molecule has 1 aromatic heterocycles. The van der Waals surface area contributed by atoms with Gasteiger partial charge in [-0.3, -0.25) is 19.9 Å². The van der Waals surface area contributed by atoms with E-state index in [-0.39, 0.29) is 30.9 Å². The van der Waals surface area contributed by atoms with E-state index < -0.39 is 46.9 Å². The number of hydrogen-bond donors (Lipinski definition) is 3. The van der Waals surface area contributed by atoms with Crippen LogP contribution in [0.1, 0.15) is 74.5 Å². The van der Waals surface area contributed by atoms with Gasteiger partial charge in [0.15, 0.2) is 28.5 Å². The van der Waals surface area contributed by atoms with Crippen LogP contribution in [0.5, 0.6) is 28.7 Å². The summed E-state index contributed by atoms with van der Waals surface area (Å²) in [7, 11) is 1.55. The zero-order valence-corrected chi connectivity index (χ0v) is 33.9. The van der Waals surface area contributed by atoms with Gasteiger partial charge in [0.05, 0.1) is 36.2 Å². The molecule has 7 aliphatic rings. The van der Waals surface area contributed by atoms with Gasteiger partial charge in [-0.2, -0.15) is 5.26 Å². The predicted octanol–water partition coefficient (Wildman–Crippen LogP) is 5.62. The van der Waals surface area contributed by atoms with E-state index in [2.05, 4.69) is 63.9 Å². The number of nitrogens with zero attached hydrogens (tertiary/aromatic N) is 3. The molecular weight excluding hydrogens is 759 g/mol. The number of phenols is 1. The first kappa shape index (κ1) is 37.1. The molecule has 0 radical (unpaired) electrons. The fourth-order valence-electron chi connectivity index (χ4n) is 11.0. The van der Waals surface area contributed by atoms with Crippen LogP contribution < -0.4 is 24.3 Å². The van der Waals surface area contributed by atoms with Gasteiger partial charge in [-0.1, -0.05) is 23.8 Å². The molecule has 4 aromatic rings. The molecule has 8 heterocycles. The molecule has 2 fully saturated rings. The molecule has 0 saturated carbocycles. The smallest absolute Gasteiger partial charge is 0.333 e. The number of H-pyrrole nitrogens is 1. The minimum absolute atomic E-state index is 0.0457. The van der Waals surface area contributed by atoms with Crippen LogP contribution in [0.4, 0.5) is 0 Å². The van der Waals surface area contributed by atoms with Crippen molar-refractivity contribution in [3.8, 4) is 34.8 Å². The number of phenolic OH excluding ortho intramolecular Hbond substituents is 1. The molecule has 1 unspecified atom stereocenters. The first-order chi connectivity index (χ1) is 28.0. The second kappa shape index (κ2) is 13.4. The third-order valence-corrected chi connectivity index (χ3v) is 14.7. The van der Waals surface area contributed by atoms with Gasteiger partial charge in [-0.05, 0) is 62.4 Å². The van der Waals surface area contributed by atoms with Crippen molar-refractivity contribution < 1.29 is 38.4 Å². The zero-order valence-electron chi connectivity index (χ0n) is 33.1. The predicted molar refractivity (Wildman–Crippen MR) is 215 cm³/mol. The fraction of sp³-hybridized carbons (Fsp3) is 0.432. The van der Waals surface area contributed by atoms with E-state index in [0.29, 0.717) is 53.6 Å². The Morgan fingerprint density at radius 3 is 2.72 bits per heavy atom. The number of nitriles is 1. The SMILES string of the molecule is C=CCN1[C@@H]2c3c(cc(C)c(OC)c3O)C[C@H]1[C@H](C#N)N1C2[C@@H]2SC[C@]3(NCCc4c3[nH]c3ccc(C)cc43)C(=O)OC[C@H]1c1c3c(c(C)c(OC(C)=O)c12)OCO3. The van der Waals surface area contributed by atoms with Crippen molar-refractivity contribution in [2.45, 2.75) is 81.5 Å². The van der Waals surface area contributed by atoms with Crippen LogP contribution in [0, 0.1) is 32.1 Å². The number of benzene rings is 3. The second-order valence-electron chi connectivity index (χ2n) is 16.3. The molecule has 7 aliphatic heterocycles. The highest BCUT2D eigenvalue weighted by molar-refractivity contribution is 7.99. The third kappa shape index (κ3) is 5.00. The van der Waals surface area contributed by atoms with Crippen molar-refractivity contribution >= 4 is 34.6 Å². The minimum atomic E-state index is -1.26. The van der Waals surface area contributed by atoms with Crippen molar-refractivity contribution in [1.29, 1.82) is 5.26 Å². The van der Waals surface area contributed by atoms with Crippen molar-refractivity contribution in [2.75, 3.05) is 39.4 Å². The first-order valence-corrected chi connectivity index (χ1v) is 20.8. The lowest BCUT2D eigenvalue weighted by molar-refractivity contribution is -0.157. The first-order valence-electron chi connectivity index (χ1n) is 19.8. The Morgan fingerprint density at radius 1 is 1.16 bits per heavy atom. The summed E-state index contributed by atoms with van der Waals surface area (Å²) in [5.41, 5.74) is 7.14. The van der Waals surface area contributed by atoms with Gasteiger partial charge in [-0.15, -0.1) is 18.3 Å². The van der Waals surface area contributed by atoms with Crippen LogP contribution >= 0.6 is 11.8 Å². The van der Waals surface area contributed by atoms with Crippen LogP contribution in [0.2, 0.25) is 0 Å². The highest BCUT2D eigenvalue weighted by Crippen LogP contribution is 2.65. The van der Waals surface area contributed by atoms with Crippen molar-refractivity contribution in [1.82, 2.24) is 20.1 Å². The van der Waals surface area contributed by atoms with E-state index in [0.717, 1.165) is 56.4 Å². The maximum absolute atomic E-state index is 15.0. The normalized spacial score (nSPS) is 28.2. The lowest BCUT2D eigenvalue weighted by Gasteiger charge is -2.62. The number of hydrogen-bond acceptors (Lipinski definition) is 13. The molecule has 1 spiro atoms. The minimum Gasteiger partial charge on any atom is -0.504 e. The number of rotatable bonds is 4. The van der Waals surface area contributed by atoms with E-state index in [9.17, 15) is 20.0 Å². The molecule has 0 amide bonds. The highest BCUT2D eigenvalue weighted by atomic mass is 32.2. The lowest BCUT2D eigenvalue weighted by Crippen LogP contribution is -2.70. The van der Waals surface area contributed by atoms with Gasteiger partial charge in [-0.25, -0.2) is 4.79 Å². The molecule has 3 N–H and O–H groups in total. The average molecular weight is 804 g/mol. The average Bonchev–Trinajstić information content (AvgIpc) is 3.84. The van der Waals surface area contributed by atoms with E-state index in [4.69, 9.17) is 23.7 Å². The Balaban J connectivity index is 1.26. The van der Waals surface area contributed by atoms with Gasteiger partial charge in [0, 0.05) is 71.0 Å². The molecule has 11 rings (SSSR count). The number of piperazine rings is 1. The van der Waals surface area contributed by atoms with Gasteiger partial charge in [0.2, 0.25) is 6.79 Å². The standard InChI is InChI=1S/C44H45N5O8S/c1-7-12-48-28-15-24-14-21(3)37(53-6)36(51)31(24)34(48)35-41-33-32(40-39(55-19-56-40)22(4)38(33)57-23(5)50)30(49(35)29(28)16-45)17-54-43(52)44(18-58-41)42-25(10-11-46-44)26-13-20(2)8-9-27(26)47-42/h7-9,13-14,28-30,34-35,41,46-47,51H,1,10-12,15,17-19H2,2-6H3/t28-,29-,30-,34+,35?,41+,44+/m0/s1. The Bertz CT molecular complexity index is 2510. The second-order valence-corrected chi connectivity index (χ2v) is 17.4. The number of aromatic hydroxyl groups is 1. The van der Waals surface area contributed by atoms with Gasteiger partial charge in [0.25, 0.3) is 0 Å². The molecule has 13 nitrogen and oxygen atoms in total. The maximum Gasteiger partial charge on any atom is 0.333 e. The number of thioether (sulfide) groups is 1. The highest BCUT2D eigenvalue weighted by Gasteiger charge is 2.62. The summed E-state index contributed by atoms with van der Waals surface area (Å²) in [4.78, 5) is 36.1. The Morgan fingerprint density at radius 2 is 1.97 bits per heavy atom. The Kier molecular flexibility index (Phi) is 8.58. The summed E-state index contributed by atoms with van der Waals surface area (Å²) in [5.74, 6) is 1.06. The number of carbonyl (C=O) groups is 2. The van der Waals surface area contributed by atoms with Crippen molar-refractivity contribution in [3.05, 3.63) is 87.1 Å². The quantitative estimate of drug-likeness (QED) is 0.133. The topological polar surface area (TPSA) is 159 Å². The number of methoxy groups -OCH3 is 1. The van der Waals surface area contributed by atoms with Crippen LogP contribution in [-0.4, -0.2) is 89.3 Å². The molecule has 7 atom stereocenters.